The molecule has 0 radical (unpaired) electrons. The molecule has 13 heavy (non-hydrogen) atoms. The normalized spacial score (nSPS) is 12.1. The van der Waals surface area contributed by atoms with Crippen LogP contribution in [-0.2, 0) is 10.9 Å². The molecule has 1 aromatic rings. The lowest BCUT2D eigenvalue weighted by atomic mass is 10.2. The van der Waals surface area contributed by atoms with Gasteiger partial charge in [0.05, 0.1) is 0 Å². The van der Waals surface area contributed by atoms with Crippen molar-refractivity contribution in [2.75, 3.05) is 12.0 Å². The zero-order valence-corrected chi connectivity index (χ0v) is 8.51. The number of Topliss-reactive ketones (excluding diaryl/α,β-unsaturated/α-hetero) is 1. The minimum Gasteiger partial charge on any atom is -0.289 e. The Hall–Kier alpha value is -1.02. The number of carbonyl (C=O) groups excluding carboxylic acids is 1. The van der Waals surface area contributed by atoms with Crippen LogP contribution >= 0.6 is 0 Å². The molecule has 0 fully saturated rings. The van der Waals surface area contributed by atoms with Crippen molar-refractivity contribution >= 4 is 16.7 Å². The second-order valence-electron chi connectivity index (χ2n) is 2.79. The summed E-state index contributed by atoms with van der Waals surface area (Å²) in [5.74, 6) is 0.777. The molecule has 1 nitrogen and oxygen atoms in total. The minimum absolute atomic E-state index is 0.00678. The summed E-state index contributed by atoms with van der Waals surface area (Å²) in [4.78, 5) is 11.6. The van der Waals surface area contributed by atoms with Gasteiger partial charge in [0.25, 0.3) is 0 Å². The summed E-state index contributed by atoms with van der Waals surface area (Å²) < 4.78 is 0. The summed E-state index contributed by atoms with van der Waals surface area (Å²) >= 11 is 0. The SMILES string of the molecule is C=C[S+](C)CC(=O)c1ccccc1. The van der Waals surface area contributed by atoms with Gasteiger partial charge in [-0.25, -0.2) is 0 Å². The quantitative estimate of drug-likeness (QED) is 0.529. The highest BCUT2D eigenvalue weighted by Crippen LogP contribution is 2.03. The maximum Gasteiger partial charge on any atom is 0.212 e. The molecule has 0 N–H and O–H groups in total. The number of rotatable bonds is 4. The van der Waals surface area contributed by atoms with E-state index in [4.69, 9.17) is 0 Å². The highest BCUT2D eigenvalue weighted by Gasteiger charge is 2.14. The van der Waals surface area contributed by atoms with Crippen molar-refractivity contribution < 1.29 is 4.79 Å². The van der Waals surface area contributed by atoms with Gasteiger partial charge in [-0.2, -0.15) is 0 Å². The van der Waals surface area contributed by atoms with Crippen LogP contribution in [-0.4, -0.2) is 17.8 Å². The summed E-state index contributed by atoms with van der Waals surface area (Å²) in [6.45, 7) is 3.67. The second-order valence-corrected chi connectivity index (χ2v) is 4.80. The summed E-state index contributed by atoms with van der Waals surface area (Å²) in [5, 5.41) is 1.83. The van der Waals surface area contributed by atoms with E-state index >= 15 is 0 Å². The Balaban J connectivity index is 2.64. The number of ketones is 1. The average molecular weight is 193 g/mol. The highest BCUT2D eigenvalue weighted by atomic mass is 32.2. The third kappa shape index (κ3) is 3.07. The summed E-state index contributed by atoms with van der Waals surface area (Å²) in [7, 11) is 0.00678. The van der Waals surface area contributed by atoms with Crippen molar-refractivity contribution in [2.45, 2.75) is 0 Å². The monoisotopic (exact) mass is 193 g/mol. The van der Waals surface area contributed by atoms with E-state index in [-0.39, 0.29) is 16.7 Å². The van der Waals surface area contributed by atoms with Crippen LogP contribution in [0.25, 0.3) is 0 Å². The maximum absolute atomic E-state index is 11.6. The number of hydrogen-bond acceptors (Lipinski definition) is 1. The Labute approximate surface area is 81.8 Å². The van der Waals surface area contributed by atoms with Gasteiger partial charge < -0.3 is 0 Å². The largest absolute Gasteiger partial charge is 0.289 e. The van der Waals surface area contributed by atoms with Gasteiger partial charge in [-0.15, -0.1) is 0 Å². The molecule has 0 aliphatic rings. The lowest BCUT2D eigenvalue weighted by molar-refractivity contribution is 0.102. The molecule has 2 heteroatoms. The van der Waals surface area contributed by atoms with Crippen LogP contribution in [0.4, 0.5) is 0 Å². The molecular formula is C11H13OS+. The molecule has 0 saturated carbocycles. The summed E-state index contributed by atoms with van der Waals surface area (Å²) in [5.41, 5.74) is 0.795. The third-order valence-corrected chi connectivity index (χ3v) is 3.03. The van der Waals surface area contributed by atoms with Crippen molar-refractivity contribution in [3.05, 3.63) is 47.9 Å². The van der Waals surface area contributed by atoms with Crippen LogP contribution in [0, 0.1) is 0 Å². The number of carbonyl (C=O) groups is 1. The Morgan fingerprint density at radius 3 is 2.62 bits per heavy atom. The summed E-state index contributed by atoms with van der Waals surface area (Å²) in [6, 6.07) is 9.38. The molecule has 0 saturated heterocycles. The Morgan fingerprint density at radius 1 is 1.46 bits per heavy atom. The maximum atomic E-state index is 11.6. The van der Waals surface area contributed by atoms with Gasteiger partial charge in [0.2, 0.25) is 5.78 Å². The average Bonchev–Trinajstić information content (AvgIpc) is 2.19. The molecular weight excluding hydrogens is 180 g/mol. The first kappa shape index (κ1) is 10.1. The van der Waals surface area contributed by atoms with E-state index in [0.29, 0.717) is 5.75 Å². The molecule has 1 aromatic carbocycles. The third-order valence-electron chi connectivity index (χ3n) is 1.74. The van der Waals surface area contributed by atoms with Gasteiger partial charge in [0.15, 0.2) is 5.75 Å². The van der Waals surface area contributed by atoms with E-state index in [1.54, 1.807) is 0 Å². The predicted octanol–water partition coefficient (Wildman–Crippen LogP) is 2.26. The molecule has 1 atom stereocenters. The van der Waals surface area contributed by atoms with Crippen molar-refractivity contribution in [2.24, 2.45) is 0 Å². The topological polar surface area (TPSA) is 17.1 Å². The Bertz CT molecular complexity index is 292. The molecule has 1 rings (SSSR count). The molecule has 0 amide bonds. The van der Waals surface area contributed by atoms with Crippen molar-refractivity contribution in [3.8, 4) is 0 Å². The van der Waals surface area contributed by atoms with Crippen LogP contribution in [0.1, 0.15) is 10.4 Å². The Morgan fingerprint density at radius 2 is 2.08 bits per heavy atom. The fraction of sp³-hybridized carbons (Fsp3) is 0.182. The van der Waals surface area contributed by atoms with Gasteiger partial charge in [-0.05, 0) is 0 Å². The molecule has 1 unspecified atom stereocenters. The first-order valence-corrected chi connectivity index (χ1v) is 5.92. The molecule has 0 aromatic heterocycles. The van der Waals surface area contributed by atoms with E-state index in [2.05, 4.69) is 6.58 Å². The van der Waals surface area contributed by atoms with Crippen LogP contribution in [0.2, 0.25) is 0 Å². The van der Waals surface area contributed by atoms with E-state index in [0.717, 1.165) is 5.56 Å². The van der Waals surface area contributed by atoms with E-state index < -0.39 is 0 Å². The fourth-order valence-electron chi connectivity index (χ4n) is 0.973. The predicted molar refractivity (Wildman–Crippen MR) is 59.1 cm³/mol. The molecule has 0 heterocycles. The zero-order chi connectivity index (χ0) is 9.68. The number of benzene rings is 1. The lowest BCUT2D eigenvalue weighted by Gasteiger charge is -1.97. The molecule has 68 valence electrons. The fourth-order valence-corrected chi connectivity index (χ4v) is 1.67. The first-order chi connectivity index (χ1) is 6.24. The molecule has 0 bridgehead atoms. The van der Waals surface area contributed by atoms with Crippen LogP contribution in [0.5, 0.6) is 0 Å². The summed E-state index contributed by atoms with van der Waals surface area (Å²) in [6.07, 6.45) is 2.02. The van der Waals surface area contributed by atoms with E-state index in [1.165, 1.54) is 0 Å². The van der Waals surface area contributed by atoms with Gasteiger partial charge >= 0.3 is 0 Å². The standard InChI is InChI=1S/C11H13OS/c1-3-13(2)9-11(12)10-7-5-4-6-8-10/h3-8H,1,9H2,2H3/q+1. The first-order valence-electron chi connectivity index (χ1n) is 4.06. The number of hydrogen-bond donors (Lipinski definition) is 0. The zero-order valence-electron chi connectivity index (χ0n) is 7.69. The molecule has 0 spiro atoms. The Kier molecular flexibility index (Phi) is 3.77. The van der Waals surface area contributed by atoms with Gasteiger partial charge in [0, 0.05) is 16.5 Å². The van der Waals surface area contributed by atoms with Gasteiger partial charge in [-0.1, -0.05) is 36.9 Å². The lowest BCUT2D eigenvalue weighted by Crippen LogP contribution is -2.12. The van der Waals surface area contributed by atoms with Crippen molar-refractivity contribution in [1.82, 2.24) is 0 Å². The van der Waals surface area contributed by atoms with E-state index in [9.17, 15) is 4.79 Å². The van der Waals surface area contributed by atoms with Crippen LogP contribution in [0.15, 0.2) is 42.3 Å². The second kappa shape index (κ2) is 4.87. The van der Waals surface area contributed by atoms with Crippen molar-refractivity contribution in [3.63, 3.8) is 0 Å². The highest BCUT2D eigenvalue weighted by molar-refractivity contribution is 7.99. The van der Waals surface area contributed by atoms with Crippen LogP contribution < -0.4 is 0 Å². The van der Waals surface area contributed by atoms with E-state index in [1.807, 2.05) is 42.0 Å². The molecule has 0 aliphatic heterocycles. The van der Waals surface area contributed by atoms with Gasteiger partial charge in [0.1, 0.15) is 11.7 Å². The smallest absolute Gasteiger partial charge is 0.212 e. The van der Waals surface area contributed by atoms with Gasteiger partial charge in [-0.3, -0.25) is 4.79 Å². The molecule has 0 aliphatic carbocycles. The van der Waals surface area contributed by atoms with Crippen LogP contribution in [0.3, 0.4) is 0 Å². The minimum atomic E-state index is 0.00678. The van der Waals surface area contributed by atoms with Crippen molar-refractivity contribution in [1.29, 1.82) is 0 Å².